The molecule has 0 radical (unpaired) electrons. The van der Waals surface area contributed by atoms with Crippen LogP contribution in [0.5, 0.6) is 0 Å². The van der Waals surface area contributed by atoms with E-state index in [1.54, 1.807) is 5.20 Å². The lowest BCUT2D eigenvalue weighted by molar-refractivity contribution is -0.506. The van der Waals surface area contributed by atoms with Crippen molar-refractivity contribution < 1.29 is 4.58 Å². The lowest BCUT2D eigenvalue weighted by Gasteiger charge is -2.19. The van der Waals surface area contributed by atoms with E-state index in [0.717, 1.165) is 6.54 Å². The molecule has 0 amide bonds. The summed E-state index contributed by atoms with van der Waals surface area (Å²) < 4.78 is 2.49. The van der Waals surface area contributed by atoms with E-state index in [-0.39, 0.29) is 0 Å². The Labute approximate surface area is 112 Å². The Morgan fingerprint density at radius 3 is 2.50 bits per heavy atom. The molecule has 18 heavy (non-hydrogen) atoms. The lowest BCUT2D eigenvalue weighted by Crippen LogP contribution is -2.30. The van der Waals surface area contributed by atoms with Gasteiger partial charge in [0, 0.05) is 12.8 Å². The molecule has 2 heteroatoms. The summed E-state index contributed by atoms with van der Waals surface area (Å²) in [7, 11) is -1.24. The highest BCUT2D eigenvalue weighted by molar-refractivity contribution is 6.83. The van der Waals surface area contributed by atoms with Gasteiger partial charge < -0.3 is 0 Å². The Morgan fingerprint density at radius 2 is 1.94 bits per heavy atom. The van der Waals surface area contributed by atoms with Crippen molar-refractivity contribution in [3.05, 3.63) is 41.1 Å². The summed E-state index contributed by atoms with van der Waals surface area (Å²) in [6, 6.07) is 10.7. The van der Waals surface area contributed by atoms with E-state index in [1.165, 1.54) is 24.9 Å². The maximum Gasteiger partial charge on any atom is 0.160 e. The second-order valence-electron chi connectivity index (χ2n) is 6.13. The minimum absolute atomic E-state index is 1.13. The van der Waals surface area contributed by atoms with Crippen LogP contribution in [0.15, 0.2) is 35.5 Å². The van der Waals surface area contributed by atoms with Crippen molar-refractivity contribution >= 4 is 20.4 Å². The smallest absolute Gasteiger partial charge is 0.160 e. The molecule has 1 heterocycles. The third kappa shape index (κ3) is 3.67. The van der Waals surface area contributed by atoms with Gasteiger partial charge in [0.25, 0.3) is 0 Å². The predicted molar refractivity (Wildman–Crippen MR) is 83.1 cm³/mol. The van der Waals surface area contributed by atoms with E-state index < -0.39 is 8.07 Å². The number of benzene rings is 1. The van der Waals surface area contributed by atoms with Gasteiger partial charge in [0.15, 0.2) is 6.54 Å². The second-order valence-corrected chi connectivity index (χ2v) is 11.3. The molecule has 1 aliphatic rings. The molecule has 1 aliphatic heterocycles. The fourth-order valence-electron chi connectivity index (χ4n) is 2.27. The van der Waals surface area contributed by atoms with Crippen LogP contribution in [0, 0.1) is 0 Å². The van der Waals surface area contributed by atoms with Gasteiger partial charge in [-0.2, -0.15) is 0 Å². The Kier molecular flexibility index (Phi) is 4.18. The molecule has 0 aliphatic carbocycles. The third-order valence-electron chi connectivity index (χ3n) is 3.51. The third-order valence-corrected chi connectivity index (χ3v) is 5.74. The van der Waals surface area contributed by atoms with Gasteiger partial charge in [-0.3, -0.25) is 0 Å². The molecule has 0 unspecified atom stereocenters. The van der Waals surface area contributed by atoms with Gasteiger partial charge in [-0.25, -0.2) is 4.58 Å². The minimum Gasteiger partial charge on any atom is -0.236 e. The Bertz CT molecular complexity index is 452. The Hall–Kier alpha value is -1.15. The van der Waals surface area contributed by atoms with Crippen LogP contribution in [0.4, 0.5) is 0 Å². The first kappa shape index (κ1) is 13.3. The van der Waals surface area contributed by atoms with E-state index in [1.807, 2.05) is 0 Å². The van der Waals surface area contributed by atoms with Crippen LogP contribution in [-0.2, 0) is 0 Å². The van der Waals surface area contributed by atoms with Crippen LogP contribution in [0.3, 0.4) is 0 Å². The second kappa shape index (κ2) is 5.66. The zero-order chi connectivity index (χ0) is 13.0. The predicted octanol–water partition coefficient (Wildman–Crippen LogP) is 3.82. The van der Waals surface area contributed by atoms with Gasteiger partial charge in [0.2, 0.25) is 0 Å². The maximum absolute atomic E-state index is 2.49. The summed E-state index contributed by atoms with van der Waals surface area (Å²) >= 11 is 0. The molecule has 1 aromatic rings. The normalized spacial score (nSPS) is 16.8. The number of nitrogens with zero attached hydrogens (tertiary/aromatic N) is 1. The van der Waals surface area contributed by atoms with E-state index in [2.05, 4.69) is 66.8 Å². The largest absolute Gasteiger partial charge is 0.236 e. The molecule has 2 rings (SSSR count). The Morgan fingerprint density at radius 1 is 1.22 bits per heavy atom. The summed E-state index contributed by atoms with van der Waals surface area (Å²) in [5, 5.41) is 1.65. The van der Waals surface area contributed by atoms with E-state index in [9.17, 15) is 0 Å². The van der Waals surface area contributed by atoms with Gasteiger partial charge in [0.05, 0.1) is 8.07 Å². The highest BCUT2D eigenvalue weighted by Crippen LogP contribution is 2.19. The first-order valence-electron chi connectivity index (χ1n) is 6.89. The molecule has 0 aromatic heterocycles. The molecule has 0 spiro atoms. The van der Waals surface area contributed by atoms with E-state index in [4.69, 9.17) is 0 Å². The summed E-state index contributed by atoms with van der Waals surface area (Å²) in [5.41, 5.74) is 1.34. The van der Waals surface area contributed by atoms with E-state index in [0.29, 0.717) is 0 Å². The zero-order valence-electron chi connectivity index (χ0n) is 11.8. The molecule has 1 nitrogen and oxygen atoms in total. The molecule has 0 N–H and O–H groups in total. The fourth-order valence-corrected chi connectivity index (χ4v) is 3.55. The van der Waals surface area contributed by atoms with Gasteiger partial charge >= 0.3 is 0 Å². The first-order valence-corrected chi connectivity index (χ1v) is 10.4. The highest BCUT2D eigenvalue weighted by Gasteiger charge is 2.24. The van der Waals surface area contributed by atoms with Crippen molar-refractivity contribution in [1.82, 2.24) is 0 Å². The molecule has 0 saturated heterocycles. The van der Waals surface area contributed by atoms with Crippen LogP contribution in [0.25, 0.3) is 6.08 Å². The van der Waals surface area contributed by atoms with Gasteiger partial charge in [-0.15, -0.1) is 0 Å². The summed E-state index contributed by atoms with van der Waals surface area (Å²) in [5.74, 6) is 0. The molecular formula is C16H24NSi+. The maximum atomic E-state index is 2.49. The van der Waals surface area contributed by atoms with Crippen molar-refractivity contribution in [3.8, 4) is 0 Å². The van der Waals surface area contributed by atoms with Crippen molar-refractivity contribution in [2.24, 2.45) is 0 Å². The van der Waals surface area contributed by atoms with Crippen molar-refractivity contribution in [1.29, 1.82) is 0 Å². The topological polar surface area (TPSA) is 3.01 Å². The van der Waals surface area contributed by atoms with Crippen LogP contribution in [0.1, 0.15) is 18.4 Å². The van der Waals surface area contributed by atoms with Gasteiger partial charge in [-0.1, -0.05) is 56.0 Å². The summed E-state index contributed by atoms with van der Waals surface area (Å²) in [6.07, 6.45) is 7.37. The zero-order valence-corrected chi connectivity index (χ0v) is 12.8. The van der Waals surface area contributed by atoms with Crippen LogP contribution >= 0.6 is 0 Å². The van der Waals surface area contributed by atoms with Crippen molar-refractivity contribution in [2.45, 2.75) is 32.5 Å². The Balaban J connectivity index is 2.23. The van der Waals surface area contributed by atoms with Gasteiger partial charge in [-0.05, 0) is 10.8 Å². The summed E-state index contributed by atoms with van der Waals surface area (Å²) in [6.45, 7) is 9.69. The average Bonchev–Trinajstić information content (AvgIpc) is 2.81. The fraction of sp³-hybridized carbons (Fsp3) is 0.438. The molecule has 0 atom stereocenters. The van der Waals surface area contributed by atoms with Crippen LogP contribution in [0.2, 0.25) is 19.6 Å². The monoisotopic (exact) mass is 258 g/mol. The molecule has 96 valence electrons. The average molecular weight is 258 g/mol. The lowest BCUT2D eigenvalue weighted by atomic mass is 10.2. The van der Waals surface area contributed by atoms with Crippen molar-refractivity contribution in [3.63, 3.8) is 0 Å². The molecule has 1 aromatic carbocycles. The van der Waals surface area contributed by atoms with Crippen LogP contribution in [-0.4, -0.2) is 32.0 Å². The molecule has 0 bridgehead atoms. The molecule has 0 fully saturated rings. The highest BCUT2D eigenvalue weighted by atomic mass is 28.3. The standard InChI is InChI=1S/C16H24NSi/c1-18(2,3)16(14-17-11-7-8-12-17)13-15-9-5-4-6-10-15/h4-6,9-11,13H,7-8,12,14H2,1-3H3/q+1/b16-13-. The van der Waals surface area contributed by atoms with E-state index >= 15 is 0 Å². The minimum atomic E-state index is -1.24. The van der Waals surface area contributed by atoms with Crippen molar-refractivity contribution in [2.75, 3.05) is 13.1 Å². The number of hydrogen-bond donors (Lipinski definition) is 0. The molecule has 0 saturated carbocycles. The summed E-state index contributed by atoms with van der Waals surface area (Å²) in [4.78, 5) is 0. The SMILES string of the molecule is C[Si](C)(C)/C(=C\c1ccccc1)C[N+]1=CCCC1. The number of hydrogen-bond acceptors (Lipinski definition) is 0. The molecular weight excluding hydrogens is 234 g/mol. The van der Waals surface area contributed by atoms with Gasteiger partial charge in [0.1, 0.15) is 12.8 Å². The number of rotatable bonds is 4. The first-order chi connectivity index (χ1) is 8.55. The van der Waals surface area contributed by atoms with Crippen LogP contribution < -0.4 is 0 Å². The quantitative estimate of drug-likeness (QED) is 0.570.